The van der Waals surface area contributed by atoms with Gasteiger partial charge in [-0.2, -0.15) is 0 Å². The van der Waals surface area contributed by atoms with Crippen molar-refractivity contribution in [2.45, 2.75) is 18.8 Å². The highest BCUT2D eigenvalue weighted by molar-refractivity contribution is 5.93. The largest absolute Gasteiger partial charge is 0.400 e. The molecule has 0 unspecified atom stereocenters. The molecule has 2 aliphatic heterocycles. The second-order valence-corrected chi connectivity index (χ2v) is 5.10. The molecular weight excluding hydrogens is 286 g/mol. The molecule has 1 aromatic rings. The number of esters is 2. The van der Waals surface area contributed by atoms with E-state index in [0.29, 0.717) is 19.5 Å². The summed E-state index contributed by atoms with van der Waals surface area (Å²) in [7, 11) is 0. The minimum Gasteiger partial charge on any atom is -0.400 e. The summed E-state index contributed by atoms with van der Waals surface area (Å²) in [5.41, 5.74) is 0.743. The molecule has 0 bridgehead atoms. The van der Waals surface area contributed by atoms with Crippen molar-refractivity contribution in [1.29, 1.82) is 0 Å². The van der Waals surface area contributed by atoms with Crippen LogP contribution in [-0.4, -0.2) is 42.5 Å². The summed E-state index contributed by atoms with van der Waals surface area (Å²) >= 11 is 0. The molecule has 3 heterocycles. The molecule has 1 spiro atoms. The van der Waals surface area contributed by atoms with E-state index in [-0.39, 0.29) is 0 Å². The van der Waals surface area contributed by atoms with Crippen molar-refractivity contribution < 1.29 is 19.1 Å². The van der Waals surface area contributed by atoms with Crippen molar-refractivity contribution in [2.75, 3.05) is 24.5 Å². The van der Waals surface area contributed by atoms with E-state index < -0.39 is 17.8 Å². The maximum Gasteiger partial charge on any atom is 0.344 e. The Kier molecular flexibility index (Phi) is 4.06. The van der Waals surface area contributed by atoms with Gasteiger partial charge in [0, 0.05) is 31.4 Å². The minimum absolute atomic E-state index is 0.334. The number of ether oxygens (including phenoxy) is 2. The molecule has 1 saturated heterocycles. The average Bonchev–Trinajstić information content (AvgIpc) is 2.64. The highest BCUT2D eigenvalue weighted by Crippen LogP contribution is 2.31. The van der Waals surface area contributed by atoms with Crippen LogP contribution >= 0.6 is 0 Å². The van der Waals surface area contributed by atoms with E-state index in [4.69, 9.17) is 9.47 Å². The first-order valence-corrected chi connectivity index (χ1v) is 7.22. The predicted molar refractivity (Wildman–Crippen MR) is 77.7 cm³/mol. The Labute approximate surface area is 127 Å². The fraction of sp³-hybridized carbons (Fsp3) is 0.400. The van der Waals surface area contributed by atoms with Crippen molar-refractivity contribution in [2.24, 2.45) is 0 Å². The van der Waals surface area contributed by atoms with Gasteiger partial charge in [-0.25, -0.2) is 9.59 Å². The summed E-state index contributed by atoms with van der Waals surface area (Å²) in [5, 5.41) is 3.24. The molecule has 7 nitrogen and oxygen atoms in total. The molecule has 0 aromatic carbocycles. The van der Waals surface area contributed by atoms with Crippen LogP contribution in [0.5, 0.6) is 0 Å². The zero-order valence-corrected chi connectivity index (χ0v) is 12.0. The second kappa shape index (κ2) is 6.15. The molecule has 2 aliphatic rings. The normalized spacial score (nSPS) is 21.5. The number of nitrogens with zero attached hydrogens (tertiary/aromatic N) is 2. The highest BCUT2D eigenvalue weighted by Gasteiger charge is 2.46. The van der Waals surface area contributed by atoms with Crippen molar-refractivity contribution in [1.82, 2.24) is 10.3 Å². The number of carbonyl (C=O) groups is 2. The van der Waals surface area contributed by atoms with Crippen molar-refractivity contribution in [3.63, 3.8) is 0 Å². The molecule has 1 fully saturated rings. The van der Waals surface area contributed by atoms with Crippen LogP contribution < -0.4 is 10.2 Å². The smallest absolute Gasteiger partial charge is 0.344 e. The molecular formula is C15H17N3O4. The second-order valence-electron chi connectivity index (χ2n) is 5.10. The third-order valence-electron chi connectivity index (χ3n) is 3.60. The molecule has 7 heteroatoms. The first-order chi connectivity index (χ1) is 10.7. The molecule has 0 aliphatic carbocycles. The molecule has 1 N–H and O–H groups in total. The van der Waals surface area contributed by atoms with E-state index in [1.54, 1.807) is 23.4 Å². The van der Waals surface area contributed by atoms with Crippen LogP contribution in [0.3, 0.4) is 0 Å². The number of nitrogens with one attached hydrogen (secondary N) is 1. The van der Waals surface area contributed by atoms with E-state index >= 15 is 0 Å². The van der Waals surface area contributed by atoms with E-state index in [9.17, 15) is 9.59 Å². The van der Waals surface area contributed by atoms with Crippen LogP contribution in [0.1, 0.15) is 12.8 Å². The standard InChI is InChI=1S/C15H17N3O4/c19-13-4-5-14(20)22-15(21-13)6-9-16-8-2-10-18(15)12-3-1-7-17-11-12/h1,3-5,7,11,16H,2,6,8-10H2. The highest BCUT2D eigenvalue weighted by atomic mass is 16.8. The number of hydrogen-bond donors (Lipinski definition) is 1. The Morgan fingerprint density at radius 3 is 2.64 bits per heavy atom. The number of pyridine rings is 1. The number of anilines is 1. The van der Waals surface area contributed by atoms with Gasteiger partial charge in [-0.3, -0.25) is 9.88 Å². The number of carbonyl (C=O) groups excluding carboxylic acids is 2. The van der Waals surface area contributed by atoms with Gasteiger partial charge in [-0.05, 0) is 25.1 Å². The average molecular weight is 303 g/mol. The van der Waals surface area contributed by atoms with Crippen LogP contribution in [0.25, 0.3) is 0 Å². The van der Waals surface area contributed by atoms with E-state index in [0.717, 1.165) is 30.8 Å². The SMILES string of the molecule is O=C1C=CC(=O)OC2(CCNCCCN2c2cccnc2)O1. The Balaban J connectivity index is 2.01. The lowest BCUT2D eigenvalue weighted by Gasteiger charge is -2.42. The summed E-state index contributed by atoms with van der Waals surface area (Å²) in [6, 6.07) is 3.64. The lowest BCUT2D eigenvalue weighted by molar-refractivity contribution is -0.223. The van der Waals surface area contributed by atoms with Crippen LogP contribution in [0.2, 0.25) is 0 Å². The summed E-state index contributed by atoms with van der Waals surface area (Å²) in [4.78, 5) is 29.6. The van der Waals surface area contributed by atoms with Crippen molar-refractivity contribution >= 4 is 17.6 Å². The topological polar surface area (TPSA) is 80.8 Å². The van der Waals surface area contributed by atoms with E-state index in [2.05, 4.69) is 10.3 Å². The maximum absolute atomic E-state index is 11.9. The van der Waals surface area contributed by atoms with Gasteiger partial charge in [0.25, 0.3) is 0 Å². The number of rotatable bonds is 1. The monoisotopic (exact) mass is 303 g/mol. The Bertz CT molecular complexity index is 568. The predicted octanol–water partition coefficient (Wildman–Crippen LogP) is 0.581. The quantitative estimate of drug-likeness (QED) is 0.760. The van der Waals surface area contributed by atoms with Gasteiger partial charge >= 0.3 is 17.8 Å². The van der Waals surface area contributed by atoms with Gasteiger partial charge in [0.05, 0.1) is 18.3 Å². The molecule has 0 atom stereocenters. The molecule has 1 aromatic heterocycles. The van der Waals surface area contributed by atoms with Crippen LogP contribution in [-0.2, 0) is 19.1 Å². The molecule has 22 heavy (non-hydrogen) atoms. The van der Waals surface area contributed by atoms with Crippen LogP contribution in [0, 0.1) is 0 Å². The van der Waals surface area contributed by atoms with Gasteiger partial charge in [0.2, 0.25) is 0 Å². The van der Waals surface area contributed by atoms with Crippen LogP contribution in [0.15, 0.2) is 36.7 Å². The van der Waals surface area contributed by atoms with Crippen molar-refractivity contribution in [3.05, 3.63) is 36.7 Å². The first-order valence-electron chi connectivity index (χ1n) is 7.22. The molecule has 116 valence electrons. The minimum atomic E-state index is -1.45. The summed E-state index contributed by atoms with van der Waals surface area (Å²) in [6.45, 7) is 1.98. The fourth-order valence-corrected chi connectivity index (χ4v) is 2.63. The summed E-state index contributed by atoms with van der Waals surface area (Å²) in [6.07, 6.45) is 6.65. The first kappa shape index (κ1) is 14.5. The Morgan fingerprint density at radius 2 is 1.95 bits per heavy atom. The van der Waals surface area contributed by atoms with Gasteiger partial charge in [0.15, 0.2) is 0 Å². The molecule has 0 radical (unpaired) electrons. The zero-order valence-electron chi connectivity index (χ0n) is 12.0. The molecule has 0 amide bonds. The Morgan fingerprint density at radius 1 is 1.18 bits per heavy atom. The number of aromatic nitrogens is 1. The van der Waals surface area contributed by atoms with Gasteiger partial charge in [-0.1, -0.05) is 0 Å². The Hall–Kier alpha value is -2.41. The lowest BCUT2D eigenvalue weighted by Crippen LogP contribution is -2.57. The molecule has 3 rings (SSSR count). The van der Waals surface area contributed by atoms with Gasteiger partial charge < -0.3 is 14.8 Å². The maximum atomic E-state index is 11.9. The van der Waals surface area contributed by atoms with Gasteiger partial charge in [-0.15, -0.1) is 0 Å². The zero-order chi connectivity index (χ0) is 15.4. The lowest BCUT2D eigenvalue weighted by atomic mass is 10.2. The van der Waals surface area contributed by atoms with E-state index in [1.165, 1.54) is 0 Å². The van der Waals surface area contributed by atoms with Gasteiger partial charge in [0.1, 0.15) is 0 Å². The van der Waals surface area contributed by atoms with E-state index in [1.807, 2.05) is 6.07 Å². The molecule has 0 saturated carbocycles. The van der Waals surface area contributed by atoms with Crippen molar-refractivity contribution in [3.8, 4) is 0 Å². The third-order valence-corrected chi connectivity index (χ3v) is 3.60. The third kappa shape index (κ3) is 2.94. The fourth-order valence-electron chi connectivity index (χ4n) is 2.63. The van der Waals surface area contributed by atoms with Crippen LogP contribution in [0.4, 0.5) is 5.69 Å². The summed E-state index contributed by atoms with van der Waals surface area (Å²) < 4.78 is 11.0. The number of hydrogen-bond acceptors (Lipinski definition) is 7. The summed E-state index contributed by atoms with van der Waals surface area (Å²) in [5.74, 6) is -2.64.